The summed E-state index contributed by atoms with van der Waals surface area (Å²) in [5.74, 6) is 0.524. The molecule has 0 radical (unpaired) electrons. The third-order valence-electron chi connectivity index (χ3n) is 5.26. The summed E-state index contributed by atoms with van der Waals surface area (Å²) in [4.78, 5) is 33.8. The van der Waals surface area contributed by atoms with E-state index in [4.69, 9.17) is 28.5 Å². The van der Waals surface area contributed by atoms with E-state index < -0.39 is 18.0 Å². The largest absolute Gasteiger partial charge is 0.492 e. The minimum absolute atomic E-state index is 0.0292. The fourth-order valence-electron chi connectivity index (χ4n) is 3.71. The number of benzene rings is 1. The molecule has 0 aliphatic carbocycles. The van der Waals surface area contributed by atoms with Crippen LogP contribution in [0.5, 0.6) is 23.0 Å². The standard InChI is InChI=1S/C23H24N4O8/c1-4-32-23(29)17-10-14(35-27-17)9-15-16(11-25-26-22(28)13-5-7-24-8-6-13)19-21(34-12-33-19)20(31-3)18(15)30-2/h5-8,11,14H,4,9-10,12H2,1-3H3,(H,26,28)/b25-11+. The Morgan fingerprint density at radius 3 is 2.63 bits per heavy atom. The predicted molar refractivity (Wildman–Crippen MR) is 122 cm³/mol. The molecule has 1 atom stereocenters. The molecule has 0 saturated carbocycles. The summed E-state index contributed by atoms with van der Waals surface area (Å²) in [6, 6.07) is 3.14. The highest BCUT2D eigenvalue weighted by atomic mass is 16.7. The number of ether oxygens (including phenoxy) is 5. The van der Waals surface area contributed by atoms with E-state index in [0.717, 1.165) is 0 Å². The Labute approximate surface area is 200 Å². The van der Waals surface area contributed by atoms with Gasteiger partial charge in [0.1, 0.15) is 6.10 Å². The average Bonchev–Trinajstić information content (AvgIpc) is 3.55. The Bertz CT molecular complexity index is 1170. The molecule has 1 aromatic heterocycles. The molecule has 2 aromatic rings. The molecule has 2 aliphatic heterocycles. The lowest BCUT2D eigenvalue weighted by Crippen LogP contribution is -2.20. The van der Waals surface area contributed by atoms with Crippen molar-refractivity contribution >= 4 is 23.8 Å². The second kappa shape index (κ2) is 10.7. The summed E-state index contributed by atoms with van der Waals surface area (Å²) in [5, 5.41) is 7.98. The van der Waals surface area contributed by atoms with Gasteiger partial charge in [-0.25, -0.2) is 10.2 Å². The van der Waals surface area contributed by atoms with E-state index in [-0.39, 0.29) is 32.0 Å². The van der Waals surface area contributed by atoms with Crippen molar-refractivity contribution < 1.29 is 38.1 Å². The van der Waals surface area contributed by atoms with Crippen molar-refractivity contribution in [3.63, 3.8) is 0 Å². The molecule has 1 N–H and O–H groups in total. The number of hydrogen-bond donors (Lipinski definition) is 1. The van der Waals surface area contributed by atoms with E-state index in [0.29, 0.717) is 39.7 Å². The Balaban J connectivity index is 1.64. The van der Waals surface area contributed by atoms with Crippen LogP contribution in [-0.4, -0.2) is 62.5 Å². The molecule has 12 heteroatoms. The van der Waals surface area contributed by atoms with Gasteiger partial charge in [0.2, 0.25) is 18.3 Å². The molecule has 4 rings (SSSR count). The molecule has 0 fully saturated rings. The van der Waals surface area contributed by atoms with Crippen molar-refractivity contribution in [3.8, 4) is 23.0 Å². The van der Waals surface area contributed by atoms with Crippen molar-refractivity contribution in [2.45, 2.75) is 25.9 Å². The predicted octanol–water partition coefficient (Wildman–Crippen LogP) is 1.84. The van der Waals surface area contributed by atoms with Crippen molar-refractivity contribution in [1.82, 2.24) is 10.4 Å². The van der Waals surface area contributed by atoms with Crippen LogP contribution in [0, 0.1) is 0 Å². The fourth-order valence-corrected chi connectivity index (χ4v) is 3.71. The topological polar surface area (TPSA) is 139 Å². The molecular formula is C23H24N4O8. The molecule has 0 saturated heterocycles. The van der Waals surface area contributed by atoms with E-state index in [1.54, 1.807) is 19.1 Å². The van der Waals surface area contributed by atoms with Crippen molar-refractivity contribution in [2.24, 2.45) is 10.3 Å². The molecule has 1 unspecified atom stereocenters. The van der Waals surface area contributed by atoms with Crippen LogP contribution in [0.15, 0.2) is 34.8 Å². The SMILES string of the molecule is CCOC(=O)C1=NOC(Cc2c(/C=N/NC(=O)c3ccncc3)c3c(c(OC)c2OC)OCO3)C1. The fraction of sp³-hybridized carbons (Fsp3) is 0.348. The van der Waals surface area contributed by atoms with Crippen LogP contribution in [0.1, 0.15) is 34.8 Å². The lowest BCUT2D eigenvalue weighted by molar-refractivity contribution is -0.135. The number of nitrogens with zero attached hydrogens (tertiary/aromatic N) is 3. The molecule has 1 amide bonds. The number of hydrazone groups is 1. The summed E-state index contributed by atoms with van der Waals surface area (Å²) >= 11 is 0. The molecule has 3 heterocycles. The minimum Gasteiger partial charge on any atom is -0.492 e. The van der Waals surface area contributed by atoms with E-state index in [1.807, 2.05) is 0 Å². The quantitative estimate of drug-likeness (QED) is 0.321. The first-order valence-corrected chi connectivity index (χ1v) is 10.8. The van der Waals surface area contributed by atoms with Gasteiger partial charge in [-0.3, -0.25) is 9.78 Å². The van der Waals surface area contributed by atoms with Crippen LogP contribution in [0.4, 0.5) is 0 Å². The summed E-state index contributed by atoms with van der Waals surface area (Å²) in [6.45, 7) is 1.93. The van der Waals surface area contributed by atoms with E-state index >= 15 is 0 Å². The second-order valence-electron chi connectivity index (χ2n) is 7.35. The molecular weight excluding hydrogens is 460 g/mol. The normalized spacial score (nSPS) is 16.0. The third kappa shape index (κ3) is 4.95. The molecule has 2 aliphatic rings. The maximum absolute atomic E-state index is 12.4. The van der Waals surface area contributed by atoms with Crippen LogP contribution in [-0.2, 0) is 20.8 Å². The Morgan fingerprint density at radius 2 is 1.91 bits per heavy atom. The first-order valence-electron chi connectivity index (χ1n) is 10.8. The van der Waals surface area contributed by atoms with Gasteiger partial charge in [-0.05, 0) is 19.1 Å². The molecule has 0 spiro atoms. The van der Waals surface area contributed by atoms with Gasteiger partial charge in [-0.15, -0.1) is 0 Å². The molecule has 0 bridgehead atoms. The smallest absolute Gasteiger partial charge is 0.356 e. The summed E-state index contributed by atoms with van der Waals surface area (Å²) in [7, 11) is 2.98. The van der Waals surface area contributed by atoms with Gasteiger partial charge in [0.15, 0.2) is 17.2 Å². The second-order valence-corrected chi connectivity index (χ2v) is 7.35. The molecule has 1 aromatic carbocycles. The van der Waals surface area contributed by atoms with E-state index in [1.165, 1.54) is 32.8 Å². The zero-order valence-corrected chi connectivity index (χ0v) is 19.4. The summed E-state index contributed by atoms with van der Waals surface area (Å²) < 4.78 is 27.5. The third-order valence-corrected chi connectivity index (χ3v) is 5.26. The highest BCUT2D eigenvalue weighted by molar-refractivity contribution is 6.36. The number of carbonyl (C=O) groups excluding carboxylic acids is 2. The monoisotopic (exact) mass is 484 g/mol. The highest BCUT2D eigenvalue weighted by Crippen LogP contribution is 2.52. The average molecular weight is 484 g/mol. The minimum atomic E-state index is -0.522. The van der Waals surface area contributed by atoms with Gasteiger partial charge in [-0.2, -0.15) is 5.10 Å². The van der Waals surface area contributed by atoms with Crippen LogP contribution in [0.2, 0.25) is 0 Å². The Morgan fingerprint density at radius 1 is 1.17 bits per heavy atom. The van der Waals surface area contributed by atoms with Crippen LogP contribution < -0.4 is 24.4 Å². The van der Waals surface area contributed by atoms with Crippen LogP contribution in [0.3, 0.4) is 0 Å². The highest BCUT2D eigenvalue weighted by Gasteiger charge is 2.34. The zero-order valence-electron chi connectivity index (χ0n) is 19.4. The number of methoxy groups -OCH3 is 2. The number of oxime groups is 1. The maximum atomic E-state index is 12.4. The first-order chi connectivity index (χ1) is 17.1. The Kier molecular flexibility index (Phi) is 7.29. The molecule has 12 nitrogen and oxygen atoms in total. The molecule has 184 valence electrons. The molecule has 35 heavy (non-hydrogen) atoms. The summed E-state index contributed by atoms with van der Waals surface area (Å²) in [5.41, 5.74) is 4.19. The maximum Gasteiger partial charge on any atom is 0.356 e. The van der Waals surface area contributed by atoms with Gasteiger partial charge < -0.3 is 28.5 Å². The van der Waals surface area contributed by atoms with Gasteiger partial charge in [-0.1, -0.05) is 5.16 Å². The van der Waals surface area contributed by atoms with Gasteiger partial charge >= 0.3 is 5.97 Å². The zero-order chi connectivity index (χ0) is 24.8. The number of carbonyl (C=O) groups is 2. The number of rotatable bonds is 9. The number of fused-ring (bicyclic) bond motifs is 1. The number of aromatic nitrogens is 1. The Hall–Kier alpha value is -4.35. The number of pyridine rings is 1. The number of esters is 1. The van der Waals surface area contributed by atoms with Crippen LogP contribution >= 0.6 is 0 Å². The summed E-state index contributed by atoms with van der Waals surface area (Å²) in [6.07, 6.45) is 4.49. The lowest BCUT2D eigenvalue weighted by atomic mass is 9.96. The van der Waals surface area contributed by atoms with Gasteiger partial charge in [0, 0.05) is 41.9 Å². The van der Waals surface area contributed by atoms with Crippen LogP contribution in [0.25, 0.3) is 0 Å². The van der Waals surface area contributed by atoms with E-state index in [2.05, 4.69) is 20.7 Å². The van der Waals surface area contributed by atoms with Gasteiger partial charge in [0.25, 0.3) is 5.91 Å². The van der Waals surface area contributed by atoms with Crippen molar-refractivity contribution in [2.75, 3.05) is 27.6 Å². The van der Waals surface area contributed by atoms with Gasteiger partial charge in [0.05, 0.1) is 27.0 Å². The van der Waals surface area contributed by atoms with E-state index in [9.17, 15) is 9.59 Å². The lowest BCUT2D eigenvalue weighted by Gasteiger charge is -2.19. The number of amides is 1. The van der Waals surface area contributed by atoms with Crippen molar-refractivity contribution in [1.29, 1.82) is 0 Å². The number of nitrogens with one attached hydrogen (secondary N) is 1. The number of hydrogen-bond acceptors (Lipinski definition) is 11. The van der Waals surface area contributed by atoms with Crippen molar-refractivity contribution in [3.05, 3.63) is 41.2 Å². The first kappa shape index (κ1) is 23.8.